The molecule has 1 atom stereocenters. The van der Waals surface area contributed by atoms with Crippen molar-refractivity contribution in [3.05, 3.63) is 41.2 Å². The lowest BCUT2D eigenvalue weighted by molar-refractivity contribution is 0.238. The van der Waals surface area contributed by atoms with Crippen molar-refractivity contribution in [1.82, 2.24) is 20.4 Å². The van der Waals surface area contributed by atoms with E-state index in [0.29, 0.717) is 12.3 Å². The number of ether oxygens (including phenoxy) is 2. The Morgan fingerprint density at radius 3 is 2.62 bits per heavy atom. The van der Waals surface area contributed by atoms with Crippen molar-refractivity contribution >= 4 is 6.03 Å². The first-order valence-electron chi connectivity index (χ1n) is 8.70. The quantitative estimate of drug-likeness (QED) is 0.710. The van der Waals surface area contributed by atoms with Crippen LogP contribution in [0.2, 0.25) is 0 Å². The second-order valence-electron chi connectivity index (χ2n) is 6.22. The zero-order valence-electron chi connectivity index (χ0n) is 16.1. The van der Waals surface area contributed by atoms with Gasteiger partial charge in [-0.15, -0.1) is 0 Å². The van der Waals surface area contributed by atoms with Crippen LogP contribution in [-0.4, -0.2) is 36.6 Å². The van der Waals surface area contributed by atoms with E-state index in [1.807, 2.05) is 39.1 Å². The average molecular weight is 360 g/mol. The second-order valence-corrected chi connectivity index (χ2v) is 6.22. The van der Waals surface area contributed by atoms with Crippen LogP contribution in [0.4, 0.5) is 4.79 Å². The molecular formula is C19H28N4O3. The number of methoxy groups -OCH3 is 2. The van der Waals surface area contributed by atoms with Gasteiger partial charge in [0.25, 0.3) is 0 Å². The van der Waals surface area contributed by atoms with Crippen LogP contribution in [0, 0.1) is 6.92 Å². The Balaban J connectivity index is 1.75. The Morgan fingerprint density at radius 1 is 1.27 bits per heavy atom. The Labute approximate surface area is 154 Å². The molecule has 7 nitrogen and oxygen atoms in total. The predicted molar refractivity (Wildman–Crippen MR) is 101 cm³/mol. The molecule has 0 unspecified atom stereocenters. The number of urea groups is 1. The lowest BCUT2D eigenvalue weighted by Crippen LogP contribution is -2.37. The fraction of sp³-hybridized carbons (Fsp3) is 0.474. The fourth-order valence-corrected chi connectivity index (χ4v) is 2.80. The molecule has 0 aliphatic carbocycles. The van der Waals surface area contributed by atoms with Crippen molar-refractivity contribution in [3.63, 3.8) is 0 Å². The molecule has 0 aliphatic heterocycles. The Morgan fingerprint density at radius 2 is 2.00 bits per heavy atom. The fourth-order valence-electron chi connectivity index (χ4n) is 2.80. The summed E-state index contributed by atoms with van der Waals surface area (Å²) in [5.74, 6) is 1.44. The number of carbonyl (C=O) groups excluding carboxylic acids is 1. The van der Waals surface area contributed by atoms with Crippen molar-refractivity contribution in [2.24, 2.45) is 7.05 Å². The molecule has 2 N–H and O–H groups in total. The number of aromatic nitrogens is 2. The molecule has 1 aromatic carbocycles. The van der Waals surface area contributed by atoms with Gasteiger partial charge in [-0.2, -0.15) is 5.10 Å². The van der Waals surface area contributed by atoms with Crippen LogP contribution >= 0.6 is 0 Å². The molecule has 0 fully saturated rings. The molecule has 1 aromatic heterocycles. The van der Waals surface area contributed by atoms with Crippen molar-refractivity contribution in [3.8, 4) is 11.5 Å². The van der Waals surface area contributed by atoms with Gasteiger partial charge in [0.2, 0.25) is 0 Å². The van der Waals surface area contributed by atoms with Gasteiger partial charge in [-0.3, -0.25) is 4.68 Å². The van der Waals surface area contributed by atoms with Crippen LogP contribution in [0.3, 0.4) is 0 Å². The van der Waals surface area contributed by atoms with E-state index in [2.05, 4.69) is 15.7 Å². The number of carbonyl (C=O) groups is 1. The standard InChI is InChI=1S/C19H28N4O3/c1-13(16-12-21-23(3)14(16)2)22-19(24)20-10-6-7-15-8-9-17(25-4)18(11-15)26-5/h8-9,11-13H,6-7,10H2,1-5H3,(H2,20,22,24)/t13-/m0/s1. The lowest BCUT2D eigenvalue weighted by atomic mass is 10.1. The SMILES string of the molecule is COc1ccc(CCCNC(=O)N[C@@H](C)c2cnn(C)c2C)cc1OC. The maximum absolute atomic E-state index is 12.1. The van der Waals surface area contributed by atoms with Gasteiger partial charge >= 0.3 is 6.03 Å². The van der Waals surface area contributed by atoms with E-state index in [1.165, 1.54) is 0 Å². The number of nitrogens with one attached hydrogen (secondary N) is 2. The maximum atomic E-state index is 12.1. The lowest BCUT2D eigenvalue weighted by Gasteiger charge is -2.14. The highest BCUT2D eigenvalue weighted by molar-refractivity contribution is 5.74. The minimum Gasteiger partial charge on any atom is -0.493 e. The van der Waals surface area contributed by atoms with Crippen molar-refractivity contribution < 1.29 is 14.3 Å². The van der Waals surface area contributed by atoms with Gasteiger partial charge in [0, 0.05) is 24.8 Å². The third-order valence-electron chi connectivity index (χ3n) is 4.46. The molecule has 0 saturated carbocycles. The van der Waals surface area contributed by atoms with Crippen LogP contribution in [0.25, 0.3) is 0 Å². The highest BCUT2D eigenvalue weighted by Gasteiger charge is 2.14. The molecule has 7 heteroatoms. The van der Waals surface area contributed by atoms with Crippen LogP contribution in [0.1, 0.15) is 36.2 Å². The van der Waals surface area contributed by atoms with Crippen LogP contribution in [0.15, 0.2) is 24.4 Å². The first-order valence-corrected chi connectivity index (χ1v) is 8.70. The Bertz CT molecular complexity index is 742. The maximum Gasteiger partial charge on any atom is 0.315 e. The minimum absolute atomic E-state index is 0.0884. The zero-order valence-corrected chi connectivity index (χ0v) is 16.1. The van der Waals surface area contributed by atoms with E-state index in [1.54, 1.807) is 25.1 Å². The number of aryl methyl sites for hydroxylation is 2. The molecule has 0 bridgehead atoms. The topological polar surface area (TPSA) is 77.4 Å². The van der Waals surface area contributed by atoms with Crippen LogP contribution < -0.4 is 20.1 Å². The zero-order chi connectivity index (χ0) is 19.1. The van der Waals surface area contributed by atoms with E-state index in [4.69, 9.17) is 9.47 Å². The molecule has 2 rings (SSSR count). The van der Waals surface area contributed by atoms with Crippen LogP contribution in [-0.2, 0) is 13.5 Å². The van der Waals surface area contributed by atoms with E-state index >= 15 is 0 Å². The van der Waals surface area contributed by atoms with Crippen LogP contribution in [0.5, 0.6) is 11.5 Å². The molecule has 0 radical (unpaired) electrons. The third-order valence-corrected chi connectivity index (χ3v) is 4.46. The summed E-state index contributed by atoms with van der Waals surface area (Å²) >= 11 is 0. The van der Waals surface area contributed by atoms with Gasteiger partial charge in [-0.25, -0.2) is 4.79 Å². The largest absolute Gasteiger partial charge is 0.493 e. The van der Waals surface area contributed by atoms with Crippen molar-refractivity contribution in [2.45, 2.75) is 32.7 Å². The summed E-state index contributed by atoms with van der Waals surface area (Å²) in [5, 5.41) is 10.0. The molecule has 0 aliphatic rings. The van der Waals surface area contributed by atoms with Gasteiger partial charge in [0.05, 0.1) is 26.5 Å². The molecule has 2 amide bonds. The highest BCUT2D eigenvalue weighted by Crippen LogP contribution is 2.27. The molecule has 2 aromatic rings. The summed E-state index contributed by atoms with van der Waals surface area (Å²) in [5.41, 5.74) is 3.21. The number of hydrogen-bond donors (Lipinski definition) is 2. The summed E-state index contributed by atoms with van der Waals surface area (Å²) < 4.78 is 12.3. The van der Waals surface area contributed by atoms with Crippen molar-refractivity contribution in [1.29, 1.82) is 0 Å². The third kappa shape index (κ3) is 4.91. The summed E-state index contributed by atoms with van der Waals surface area (Å²) in [6, 6.07) is 5.61. The minimum atomic E-state index is -0.173. The van der Waals surface area contributed by atoms with Gasteiger partial charge < -0.3 is 20.1 Å². The normalized spacial score (nSPS) is 11.7. The summed E-state index contributed by atoms with van der Waals surface area (Å²) in [6.45, 7) is 4.54. The Kier molecular flexibility index (Phi) is 6.89. The smallest absolute Gasteiger partial charge is 0.315 e. The number of nitrogens with zero attached hydrogens (tertiary/aromatic N) is 2. The monoisotopic (exact) mass is 360 g/mol. The average Bonchev–Trinajstić information content (AvgIpc) is 2.97. The van der Waals surface area contributed by atoms with Gasteiger partial charge in [0.1, 0.15) is 0 Å². The molecule has 1 heterocycles. The number of amides is 2. The van der Waals surface area contributed by atoms with Crippen molar-refractivity contribution in [2.75, 3.05) is 20.8 Å². The molecular weight excluding hydrogens is 332 g/mol. The summed E-state index contributed by atoms with van der Waals surface area (Å²) in [7, 11) is 5.13. The molecule has 142 valence electrons. The molecule has 0 saturated heterocycles. The Hall–Kier alpha value is -2.70. The summed E-state index contributed by atoms with van der Waals surface area (Å²) in [4.78, 5) is 12.1. The molecule has 26 heavy (non-hydrogen) atoms. The second kappa shape index (κ2) is 9.12. The number of benzene rings is 1. The van der Waals surface area contributed by atoms with Gasteiger partial charge in [-0.05, 0) is 44.4 Å². The number of rotatable bonds is 8. The first kappa shape index (κ1) is 19.6. The van der Waals surface area contributed by atoms with E-state index < -0.39 is 0 Å². The van der Waals surface area contributed by atoms with E-state index in [-0.39, 0.29) is 12.1 Å². The molecule has 0 spiro atoms. The van der Waals surface area contributed by atoms with Gasteiger partial charge in [0.15, 0.2) is 11.5 Å². The summed E-state index contributed by atoms with van der Waals surface area (Å²) in [6.07, 6.45) is 3.47. The predicted octanol–water partition coefficient (Wildman–Crippen LogP) is 2.74. The first-order chi connectivity index (χ1) is 12.5. The van der Waals surface area contributed by atoms with E-state index in [0.717, 1.165) is 35.4 Å². The van der Waals surface area contributed by atoms with Gasteiger partial charge in [-0.1, -0.05) is 6.07 Å². The number of hydrogen-bond acceptors (Lipinski definition) is 4. The highest BCUT2D eigenvalue weighted by atomic mass is 16.5. The van der Waals surface area contributed by atoms with E-state index in [9.17, 15) is 4.79 Å².